The number of aromatic nitrogens is 1. The Balaban J connectivity index is 1.29. The predicted molar refractivity (Wildman–Crippen MR) is 145 cm³/mol. The summed E-state index contributed by atoms with van der Waals surface area (Å²) in [5.41, 5.74) is 4.66. The summed E-state index contributed by atoms with van der Waals surface area (Å²) < 4.78 is 1.21. The van der Waals surface area contributed by atoms with Crippen LogP contribution in [0.5, 0.6) is 0 Å². The molecule has 3 aromatic carbocycles. The molecule has 0 aliphatic heterocycles. The van der Waals surface area contributed by atoms with E-state index in [1.54, 1.807) is 0 Å². The minimum atomic E-state index is 0.941. The van der Waals surface area contributed by atoms with E-state index in [9.17, 15) is 0 Å². The summed E-state index contributed by atoms with van der Waals surface area (Å²) in [7, 11) is 2.21. The third-order valence-electron chi connectivity index (χ3n) is 5.58. The number of rotatable bonds is 10. The van der Waals surface area contributed by atoms with Gasteiger partial charge in [0, 0.05) is 51.8 Å². The van der Waals surface area contributed by atoms with Crippen LogP contribution in [-0.2, 0) is 0 Å². The monoisotopic (exact) mass is 536 g/mol. The van der Waals surface area contributed by atoms with Crippen molar-refractivity contribution in [3.05, 3.63) is 94.7 Å². The summed E-state index contributed by atoms with van der Waals surface area (Å²) in [5, 5.41) is 4.78. The van der Waals surface area contributed by atoms with Crippen molar-refractivity contribution in [1.82, 2.24) is 9.88 Å². The van der Waals surface area contributed by atoms with Crippen molar-refractivity contribution in [1.29, 1.82) is 0 Å². The Labute approximate surface area is 204 Å². The largest absolute Gasteiger partial charge is 0.384 e. The average molecular weight is 536 g/mol. The van der Waals surface area contributed by atoms with Crippen molar-refractivity contribution in [3.63, 3.8) is 0 Å². The predicted octanol–water partition coefficient (Wildman–Crippen LogP) is 6.41. The van der Waals surface area contributed by atoms with Gasteiger partial charge in [0.2, 0.25) is 0 Å². The fourth-order valence-corrected chi connectivity index (χ4v) is 4.33. The van der Waals surface area contributed by atoms with Gasteiger partial charge in [-0.05, 0) is 91.1 Å². The summed E-state index contributed by atoms with van der Waals surface area (Å²) in [6.07, 6.45) is 2.97. The quantitative estimate of drug-likeness (QED) is 0.188. The van der Waals surface area contributed by atoms with E-state index in [4.69, 9.17) is 0 Å². The lowest BCUT2D eigenvalue weighted by molar-refractivity contribution is 0.341. The first-order valence-electron chi connectivity index (χ1n) is 11.0. The molecule has 0 aliphatic carbocycles. The zero-order valence-corrected chi connectivity index (χ0v) is 20.6. The Morgan fingerprint density at radius 1 is 0.812 bits per heavy atom. The smallest absolute Gasteiger partial charge is 0.0733 e. The standard InChI is InChI=1S/C27H29IN4/c1-31(18-8-16-29-26-15-17-30-27-21-22(28)13-14-25(26)27)19-20-32(23-9-4-2-5-10-23)24-11-6-3-7-12-24/h2-7,9-15,17,21H,8,16,18-20H2,1H3,(H,29,30). The zero-order chi connectivity index (χ0) is 22.2. The maximum absolute atomic E-state index is 4.49. The number of fused-ring (bicyclic) bond motifs is 1. The van der Waals surface area contributed by atoms with Crippen LogP contribution in [0.25, 0.3) is 10.9 Å². The first-order chi connectivity index (χ1) is 15.7. The molecule has 0 aliphatic rings. The highest BCUT2D eigenvalue weighted by molar-refractivity contribution is 14.1. The molecule has 164 valence electrons. The van der Waals surface area contributed by atoms with Crippen LogP contribution in [0, 0.1) is 3.57 Å². The molecule has 32 heavy (non-hydrogen) atoms. The van der Waals surface area contributed by atoms with Gasteiger partial charge in [-0.3, -0.25) is 4.98 Å². The first-order valence-corrected chi connectivity index (χ1v) is 12.1. The number of benzene rings is 3. The van der Waals surface area contributed by atoms with Crippen molar-refractivity contribution in [3.8, 4) is 0 Å². The van der Waals surface area contributed by atoms with E-state index in [0.717, 1.165) is 43.8 Å². The second kappa shape index (κ2) is 11.3. The van der Waals surface area contributed by atoms with E-state index < -0.39 is 0 Å². The number of para-hydroxylation sites is 2. The van der Waals surface area contributed by atoms with Crippen molar-refractivity contribution in [2.75, 3.05) is 43.4 Å². The molecule has 0 unspecified atom stereocenters. The van der Waals surface area contributed by atoms with Gasteiger partial charge < -0.3 is 15.1 Å². The van der Waals surface area contributed by atoms with Crippen LogP contribution in [0.15, 0.2) is 91.1 Å². The number of likely N-dealkylation sites (N-methyl/N-ethyl adjacent to an activating group) is 1. The minimum Gasteiger partial charge on any atom is -0.384 e. The van der Waals surface area contributed by atoms with Crippen molar-refractivity contribution in [2.24, 2.45) is 0 Å². The molecule has 5 heteroatoms. The van der Waals surface area contributed by atoms with Crippen LogP contribution in [0.3, 0.4) is 0 Å². The number of nitrogens with zero attached hydrogens (tertiary/aromatic N) is 3. The van der Waals surface area contributed by atoms with Crippen molar-refractivity contribution >= 4 is 50.6 Å². The van der Waals surface area contributed by atoms with Gasteiger partial charge >= 0.3 is 0 Å². The van der Waals surface area contributed by atoms with Gasteiger partial charge in [0.25, 0.3) is 0 Å². The fraction of sp³-hybridized carbons (Fsp3) is 0.222. The van der Waals surface area contributed by atoms with E-state index in [2.05, 4.69) is 135 Å². The lowest BCUT2D eigenvalue weighted by Crippen LogP contribution is -2.31. The third-order valence-corrected chi connectivity index (χ3v) is 6.25. The normalized spacial score (nSPS) is 11.1. The zero-order valence-electron chi connectivity index (χ0n) is 18.4. The molecule has 0 bridgehead atoms. The summed E-state index contributed by atoms with van der Waals surface area (Å²) in [4.78, 5) is 9.29. The fourth-order valence-electron chi connectivity index (χ4n) is 3.85. The molecule has 1 aromatic heterocycles. The van der Waals surface area contributed by atoms with Crippen LogP contribution in [0.2, 0.25) is 0 Å². The van der Waals surface area contributed by atoms with E-state index in [-0.39, 0.29) is 0 Å². The number of anilines is 3. The summed E-state index contributed by atoms with van der Waals surface area (Å²) in [5.74, 6) is 0. The van der Waals surface area contributed by atoms with Crippen molar-refractivity contribution < 1.29 is 0 Å². The Kier molecular flexibility index (Phi) is 7.96. The summed E-state index contributed by atoms with van der Waals surface area (Å²) in [6.45, 7) is 3.94. The third kappa shape index (κ3) is 5.99. The number of hydrogen-bond donors (Lipinski definition) is 1. The Morgan fingerprint density at radius 2 is 1.50 bits per heavy atom. The molecule has 4 aromatic rings. The SMILES string of the molecule is CN(CCCNc1ccnc2cc(I)ccc12)CCN(c1ccccc1)c1ccccc1. The lowest BCUT2D eigenvalue weighted by Gasteiger charge is -2.27. The van der Waals surface area contributed by atoms with Crippen LogP contribution in [-0.4, -0.2) is 43.1 Å². The van der Waals surface area contributed by atoms with E-state index >= 15 is 0 Å². The van der Waals surface area contributed by atoms with Gasteiger partial charge in [0.1, 0.15) is 0 Å². The molecule has 0 amide bonds. The second-order valence-electron chi connectivity index (χ2n) is 7.93. The molecule has 0 atom stereocenters. The highest BCUT2D eigenvalue weighted by atomic mass is 127. The Bertz CT molecular complexity index is 1080. The molecule has 0 saturated heterocycles. The molecule has 1 N–H and O–H groups in total. The topological polar surface area (TPSA) is 31.4 Å². The van der Waals surface area contributed by atoms with Gasteiger partial charge in [-0.15, -0.1) is 0 Å². The average Bonchev–Trinajstić information content (AvgIpc) is 2.83. The summed E-state index contributed by atoms with van der Waals surface area (Å²) in [6, 6.07) is 29.7. The Morgan fingerprint density at radius 3 is 2.19 bits per heavy atom. The molecule has 4 nitrogen and oxygen atoms in total. The molecular formula is C27H29IN4. The van der Waals surface area contributed by atoms with Crippen LogP contribution in [0.1, 0.15) is 6.42 Å². The van der Waals surface area contributed by atoms with Gasteiger partial charge in [-0.1, -0.05) is 36.4 Å². The van der Waals surface area contributed by atoms with E-state index in [1.165, 1.54) is 20.3 Å². The highest BCUT2D eigenvalue weighted by Gasteiger charge is 2.10. The number of hydrogen-bond acceptors (Lipinski definition) is 4. The van der Waals surface area contributed by atoms with Gasteiger partial charge in [-0.2, -0.15) is 0 Å². The van der Waals surface area contributed by atoms with Crippen LogP contribution >= 0.6 is 22.6 Å². The molecule has 0 radical (unpaired) electrons. The lowest BCUT2D eigenvalue weighted by atomic mass is 10.2. The maximum Gasteiger partial charge on any atom is 0.0733 e. The summed E-state index contributed by atoms with van der Waals surface area (Å²) >= 11 is 2.33. The molecule has 0 fully saturated rings. The second-order valence-corrected chi connectivity index (χ2v) is 9.17. The molecule has 0 saturated carbocycles. The molecular weight excluding hydrogens is 507 g/mol. The molecule has 1 heterocycles. The molecule has 0 spiro atoms. The number of pyridine rings is 1. The van der Waals surface area contributed by atoms with E-state index in [1.807, 2.05) is 6.20 Å². The Hall–Kier alpha value is -2.64. The van der Waals surface area contributed by atoms with Gasteiger partial charge in [-0.25, -0.2) is 0 Å². The van der Waals surface area contributed by atoms with Gasteiger partial charge in [0.05, 0.1) is 5.52 Å². The van der Waals surface area contributed by atoms with E-state index in [0.29, 0.717) is 0 Å². The maximum atomic E-state index is 4.49. The van der Waals surface area contributed by atoms with Crippen LogP contribution < -0.4 is 10.2 Å². The minimum absolute atomic E-state index is 0.941. The number of nitrogens with one attached hydrogen (secondary N) is 1. The molecule has 4 rings (SSSR count). The first kappa shape index (κ1) is 22.6. The highest BCUT2D eigenvalue weighted by Crippen LogP contribution is 2.25. The van der Waals surface area contributed by atoms with Crippen LogP contribution in [0.4, 0.5) is 17.1 Å². The van der Waals surface area contributed by atoms with Crippen molar-refractivity contribution in [2.45, 2.75) is 6.42 Å². The number of halogens is 1. The van der Waals surface area contributed by atoms with Gasteiger partial charge in [0.15, 0.2) is 0 Å².